The Hall–Kier alpha value is -2.87. The van der Waals surface area contributed by atoms with Crippen LogP contribution in [0.15, 0.2) is 36.0 Å². The van der Waals surface area contributed by atoms with Crippen molar-refractivity contribution < 1.29 is 23.9 Å². The number of esters is 2. The maximum absolute atomic E-state index is 11.9. The number of nitrogens with one attached hydrogen (secondary N) is 2. The number of hydrogen-bond acceptors (Lipinski definition) is 7. The monoisotopic (exact) mass is 335 g/mol. The normalized spacial score (nSPS) is 11.0. The van der Waals surface area contributed by atoms with Crippen LogP contribution in [-0.4, -0.2) is 57.6 Å². The van der Waals surface area contributed by atoms with Crippen molar-refractivity contribution in [1.29, 1.82) is 0 Å². The summed E-state index contributed by atoms with van der Waals surface area (Å²) in [6.45, 7) is 0.205. The van der Waals surface area contributed by atoms with Gasteiger partial charge in [-0.05, 0) is 26.2 Å². The molecule has 24 heavy (non-hydrogen) atoms. The molecule has 1 rings (SSSR count). The standard InChI is InChI=1S/C16H21N3O5/c1-19(2)10-14(20)18-12-8-6-5-7-11(12)17-13(16(22)24-4)9-15(21)23-3/h5-9,17H,10H2,1-4H3,(H,18,20)/b13-9+. The highest BCUT2D eigenvalue weighted by Gasteiger charge is 2.15. The van der Waals surface area contributed by atoms with Crippen molar-refractivity contribution in [2.75, 3.05) is 45.5 Å². The maximum atomic E-state index is 11.9. The number of benzene rings is 1. The zero-order valence-electron chi connectivity index (χ0n) is 14.1. The Morgan fingerprint density at radius 3 is 2.12 bits per heavy atom. The molecule has 0 atom stereocenters. The summed E-state index contributed by atoms with van der Waals surface area (Å²) in [5.41, 5.74) is 0.785. The van der Waals surface area contributed by atoms with Gasteiger partial charge in [0.1, 0.15) is 5.70 Å². The van der Waals surface area contributed by atoms with E-state index in [1.54, 1.807) is 43.3 Å². The average Bonchev–Trinajstić information content (AvgIpc) is 2.54. The second-order valence-electron chi connectivity index (χ2n) is 5.03. The van der Waals surface area contributed by atoms with Crippen molar-refractivity contribution in [1.82, 2.24) is 4.90 Å². The molecule has 0 aliphatic rings. The van der Waals surface area contributed by atoms with Gasteiger partial charge in [0, 0.05) is 0 Å². The molecule has 0 saturated heterocycles. The number of likely N-dealkylation sites (N-methyl/N-ethyl adjacent to an activating group) is 1. The van der Waals surface area contributed by atoms with Crippen molar-refractivity contribution in [3.63, 3.8) is 0 Å². The van der Waals surface area contributed by atoms with E-state index in [0.29, 0.717) is 11.4 Å². The van der Waals surface area contributed by atoms with Crippen LogP contribution >= 0.6 is 0 Å². The molecule has 0 aromatic heterocycles. The number of ether oxygens (including phenoxy) is 2. The van der Waals surface area contributed by atoms with Crippen LogP contribution < -0.4 is 10.6 Å². The molecular formula is C16H21N3O5. The molecular weight excluding hydrogens is 314 g/mol. The summed E-state index contributed by atoms with van der Waals surface area (Å²) in [7, 11) is 5.94. The largest absolute Gasteiger partial charge is 0.466 e. The summed E-state index contributed by atoms with van der Waals surface area (Å²) in [4.78, 5) is 36.8. The van der Waals surface area contributed by atoms with Gasteiger partial charge < -0.3 is 25.0 Å². The van der Waals surface area contributed by atoms with Crippen molar-refractivity contribution in [3.05, 3.63) is 36.0 Å². The van der Waals surface area contributed by atoms with Crippen LogP contribution in [0.25, 0.3) is 0 Å². The topological polar surface area (TPSA) is 97.0 Å². The van der Waals surface area contributed by atoms with Gasteiger partial charge >= 0.3 is 11.9 Å². The highest BCUT2D eigenvalue weighted by molar-refractivity contribution is 6.01. The van der Waals surface area contributed by atoms with E-state index < -0.39 is 11.9 Å². The first kappa shape index (κ1) is 19.2. The van der Waals surface area contributed by atoms with Gasteiger partial charge in [-0.1, -0.05) is 12.1 Å². The summed E-state index contributed by atoms with van der Waals surface area (Å²) in [6, 6.07) is 6.78. The van der Waals surface area contributed by atoms with Gasteiger partial charge in [-0.3, -0.25) is 4.79 Å². The molecule has 0 spiro atoms. The van der Waals surface area contributed by atoms with E-state index in [9.17, 15) is 14.4 Å². The summed E-state index contributed by atoms with van der Waals surface area (Å²) < 4.78 is 9.15. The second-order valence-corrected chi connectivity index (χ2v) is 5.03. The lowest BCUT2D eigenvalue weighted by Gasteiger charge is -2.15. The summed E-state index contributed by atoms with van der Waals surface area (Å²) in [5.74, 6) is -1.67. The predicted molar refractivity (Wildman–Crippen MR) is 89.4 cm³/mol. The van der Waals surface area contributed by atoms with E-state index >= 15 is 0 Å². The minimum atomic E-state index is -0.741. The van der Waals surface area contributed by atoms with Gasteiger partial charge in [0.15, 0.2) is 0 Å². The van der Waals surface area contributed by atoms with Crippen LogP contribution in [0.2, 0.25) is 0 Å². The Morgan fingerprint density at radius 1 is 1.04 bits per heavy atom. The number of para-hydroxylation sites is 2. The SMILES string of the molecule is COC(=O)/C=C(/Nc1ccccc1NC(=O)CN(C)C)C(=O)OC. The summed E-state index contributed by atoms with van der Waals surface area (Å²) in [6.07, 6.45) is 0.976. The van der Waals surface area contributed by atoms with Crippen LogP contribution in [0.3, 0.4) is 0 Å². The molecule has 0 unspecified atom stereocenters. The van der Waals surface area contributed by atoms with E-state index in [2.05, 4.69) is 20.1 Å². The number of amides is 1. The Labute approximate surface area is 140 Å². The summed E-state index contributed by atoms with van der Waals surface area (Å²) >= 11 is 0. The predicted octanol–water partition coefficient (Wildman–Crippen LogP) is 0.828. The average molecular weight is 335 g/mol. The molecule has 0 fully saturated rings. The molecule has 0 radical (unpaired) electrons. The third kappa shape index (κ3) is 6.09. The molecule has 0 aliphatic carbocycles. The van der Waals surface area contributed by atoms with Crippen molar-refractivity contribution in [3.8, 4) is 0 Å². The fourth-order valence-electron chi connectivity index (χ4n) is 1.76. The van der Waals surface area contributed by atoms with Gasteiger partial charge in [-0.25, -0.2) is 9.59 Å². The fourth-order valence-corrected chi connectivity index (χ4v) is 1.76. The quantitative estimate of drug-likeness (QED) is 0.562. The first-order valence-corrected chi connectivity index (χ1v) is 7.06. The van der Waals surface area contributed by atoms with Gasteiger partial charge in [0.2, 0.25) is 5.91 Å². The second kappa shape index (κ2) is 9.31. The van der Waals surface area contributed by atoms with Crippen LogP contribution in [0.4, 0.5) is 11.4 Å². The maximum Gasteiger partial charge on any atom is 0.354 e. The minimum Gasteiger partial charge on any atom is -0.466 e. The molecule has 0 saturated carbocycles. The van der Waals surface area contributed by atoms with Crippen LogP contribution in [-0.2, 0) is 23.9 Å². The lowest BCUT2D eigenvalue weighted by atomic mass is 10.2. The molecule has 0 aliphatic heterocycles. The third-order valence-corrected chi connectivity index (χ3v) is 2.80. The molecule has 130 valence electrons. The Bertz CT molecular complexity index is 640. The van der Waals surface area contributed by atoms with E-state index in [1.165, 1.54) is 14.2 Å². The number of rotatable bonds is 7. The number of anilines is 2. The molecule has 2 N–H and O–H groups in total. The molecule has 1 aromatic rings. The first-order chi connectivity index (χ1) is 11.4. The van der Waals surface area contributed by atoms with E-state index in [-0.39, 0.29) is 18.1 Å². The number of methoxy groups -OCH3 is 2. The minimum absolute atomic E-state index is 0.112. The van der Waals surface area contributed by atoms with Crippen LogP contribution in [0.5, 0.6) is 0 Å². The smallest absolute Gasteiger partial charge is 0.354 e. The van der Waals surface area contributed by atoms with Gasteiger partial charge in [0.05, 0.1) is 38.2 Å². The number of hydrogen-bond donors (Lipinski definition) is 2. The molecule has 0 heterocycles. The molecule has 0 bridgehead atoms. The van der Waals surface area contributed by atoms with Crippen molar-refractivity contribution >= 4 is 29.2 Å². The Balaban J connectivity index is 3.03. The Kier molecular flexibility index (Phi) is 7.44. The number of carbonyl (C=O) groups is 3. The highest BCUT2D eigenvalue weighted by Crippen LogP contribution is 2.23. The van der Waals surface area contributed by atoms with Crippen molar-refractivity contribution in [2.45, 2.75) is 0 Å². The van der Waals surface area contributed by atoms with E-state index in [4.69, 9.17) is 0 Å². The number of nitrogens with zero attached hydrogens (tertiary/aromatic N) is 1. The first-order valence-electron chi connectivity index (χ1n) is 7.06. The zero-order valence-corrected chi connectivity index (χ0v) is 14.1. The van der Waals surface area contributed by atoms with Crippen LogP contribution in [0.1, 0.15) is 0 Å². The lowest BCUT2D eigenvalue weighted by molar-refractivity contribution is -0.138. The van der Waals surface area contributed by atoms with E-state index in [1.807, 2.05) is 0 Å². The Morgan fingerprint density at radius 2 is 1.62 bits per heavy atom. The van der Waals surface area contributed by atoms with Crippen molar-refractivity contribution in [2.24, 2.45) is 0 Å². The molecule has 8 heteroatoms. The van der Waals surface area contributed by atoms with Gasteiger partial charge in [0.25, 0.3) is 0 Å². The number of carbonyl (C=O) groups excluding carboxylic acids is 3. The summed E-state index contributed by atoms with van der Waals surface area (Å²) in [5, 5.41) is 5.51. The zero-order chi connectivity index (χ0) is 18.1. The fraction of sp³-hybridized carbons (Fsp3) is 0.312. The molecule has 8 nitrogen and oxygen atoms in total. The van der Waals surface area contributed by atoms with Gasteiger partial charge in [-0.15, -0.1) is 0 Å². The van der Waals surface area contributed by atoms with Crippen LogP contribution in [0, 0.1) is 0 Å². The van der Waals surface area contributed by atoms with E-state index in [0.717, 1.165) is 6.08 Å². The molecule has 1 amide bonds. The lowest BCUT2D eigenvalue weighted by Crippen LogP contribution is -2.27. The molecule has 1 aromatic carbocycles. The third-order valence-electron chi connectivity index (χ3n) is 2.80. The van der Waals surface area contributed by atoms with Gasteiger partial charge in [-0.2, -0.15) is 0 Å². The highest BCUT2D eigenvalue weighted by atomic mass is 16.5.